The first-order valence-electron chi connectivity index (χ1n) is 7.46. The van der Waals surface area contributed by atoms with Crippen LogP contribution in [0.15, 0.2) is 18.2 Å². The normalized spacial score (nSPS) is 15.9. The highest BCUT2D eigenvalue weighted by Gasteiger charge is 2.20. The molecule has 0 unspecified atom stereocenters. The molecule has 1 saturated carbocycles. The predicted octanol–water partition coefficient (Wildman–Crippen LogP) is 3.54. The molecule has 0 spiro atoms. The quantitative estimate of drug-likeness (QED) is 0.934. The van der Waals surface area contributed by atoms with Gasteiger partial charge in [0.25, 0.3) is 0 Å². The summed E-state index contributed by atoms with van der Waals surface area (Å²) < 4.78 is 10.7. The van der Waals surface area contributed by atoms with Gasteiger partial charge in [0.1, 0.15) is 17.3 Å². The first-order valence-corrected chi connectivity index (χ1v) is 7.46. The van der Waals surface area contributed by atoms with Gasteiger partial charge in [-0.1, -0.05) is 19.3 Å². The second kappa shape index (κ2) is 6.16. The minimum Gasteiger partial charge on any atom is -0.497 e. The van der Waals surface area contributed by atoms with Gasteiger partial charge in [0.05, 0.1) is 19.8 Å². The number of nitrogens with one attached hydrogen (secondary N) is 1. The third-order valence-electron chi connectivity index (χ3n) is 4.14. The molecule has 0 saturated heterocycles. The van der Waals surface area contributed by atoms with E-state index in [1.807, 2.05) is 18.2 Å². The lowest BCUT2D eigenvalue weighted by molar-refractivity contribution is 0.404. The van der Waals surface area contributed by atoms with E-state index in [0.717, 1.165) is 22.9 Å². The zero-order valence-electron chi connectivity index (χ0n) is 12.6. The fourth-order valence-electron chi connectivity index (χ4n) is 2.94. The molecule has 5 nitrogen and oxygen atoms in total. The molecule has 0 amide bonds. The molecule has 1 aromatic heterocycles. The summed E-state index contributed by atoms with van der Waals surface area (Å²) >= 11 is 0. The first-order chi connectivity index (χ1) is 10.3. The van der Waals surface area contributed by atoms with E-state index in [1.54, 1.807) is 14.2 Å². The van der Waals surface area contributed by atoms with Crippen LogP contribution in [0.4, 0.5) is 0 Å². The predicted molar refractivity (Wildman–Crippen MR) is 80.7 cm³/mol. The Kier molecular flexibility index (Phi) is 4.08. The number of aromatic nitrogens is 3. The van der Waals surface area contributed by atoms with E-state index < -0.39 is 0 Å². The summed E-state index contributed by atoms with van der Waals surface area (Å²) in [6.07, 6.45) is 6.29. The van der Waals surface area contributed by atoms with Gasteiger partial charge in [-0.3, -0.25) is 5.10 Å². The van der Waals surface area contributed by atoms with Gasteiger partial charge in [0.2, 0.25) is 0 Å². The summed E-state index contributed by atoms with van der Waals surface area (Å²) in [5.74, 6) is 3.71. The van der Waals surface area contributed by atoms with Crippen LogP contribution < -0.4 is 9.47 Å². The van der Waals surface area contributed by atoms with Crippen molar-refractivity contribution in [2.75, 3.05) is 14.2 Å². The number of methoxy groups -OCH3 is 2. The lowest BCUT2D eigenvalue weighted by Crippen LogP contribution is -2.06. The maximum absolute atomic E-state index is 5.40. The number of benzene rings is 1. The number of ether oxygens (including phenoxy) is 2. The Morgan fingerprint density at radius 2 is 1.90 bits per heavy atom. The third-order valence-corrected chi connectivity index (χ3v) is 4.14. The van der Waals surface area contributed by atoms with Crippen molar-refractivity contribution in [1.82, 2.24) is 15.2 Å². The molecule has 0 bridgehead atoms. The fraction of sp³-hybridized carbons (Fsp3) is 0.500. The molecule has 1 aliphatic carbocycles. The van der Waals surface area contributed by atoms with Gasteiger partial charge in [-0.05, 0) is 31.0 Å². The average Bonchev–Trinajstić information content (AvgIpc) is 3.05. The summed E-state index contributed by atoms with van der Waals surface area (Å²) in [5.41, 5.74) is 0.857. The van der Waals surface area contributed by atoms with Crippen molar-refractivity contribution in [3.8, 4) is 22.9 Å². The van der Waals surface area contributed by atoms with Gasteiger partial charge in [-0.15, -0.1) is 0 Å². The van der Waals surface area contributed by atoms with E-state index in [2.05, 4.69) is 15.2 Å². The molecule has 5 heteroatoms. The fourth-order valence-corrected chi connectivity index (χ4v) is 2.94. The van der Waals surface area contributed by atoms with Gasteiger partial charge < -0.3 is 9.47 Å². The van der Waals surface area contributed by atoms with Crippen LogP contribution in [-0.2, 0) is 0 Å². The van der Waals surface area contributed by atoms with E-state index in [9.17, 15) is 0 Å². The van der Waals surface area contributed by atoms with Crippen molar-refractivity contribution in [2.45, 2.75) is 38.0 Å². The van der Waals surface area contributed by atoms with Crippen molar-refractivity contribution >= 4 is 0 Å². The van der Waals surface area contributed by atoms with Crippen LogP contribution in [0, 0.1) is 0 Å². The maximum atomic E-state index is 5.40. The Bertz CT molecular complexity index is 603. The van der Waals surface area contributed by atoms with Gasteiger partial charge in [0.15, 0.2) is 5.82 Å². The first kappa shape index (κ1) is 13.9. The van der Waals surface area contributed by atoms with Crippen LogP contribution in [0.2, 0.25) is 0 Å². The summed E-state index contributed by atoms with van der Waals surface area (Å²) in [6.45, 7) is 0. The SMILES string of the molecule is COc1ccc(OC)c(-c2n[nH]c(C3CCCCC3)n2)c1. The molecule has 1 aromatic carbocycles. The number of hydrogen-bond acceptors (Lipinski definition) is 4. The van der Waals surface area contributed by atoms with Crippen molar-refractivity contribution in [3.05, 3.63) is 24.0 Å². The van der Waals surface area contributed by atoms with E-state index in [1.165, 1.54) is 32.1 Å². The molecule has 1 N–H and O–H groups in total. The smallest absolute Gasteiger partial charge is 0.185 e. The molecule has 21 heavy (non-hydrogen) atoms. The standard InChI is InChI=1S/C16H21N3O2/c1-20-12-8-9-14(21-2)13(10-12)16-17-15(18-19-16)11-6-4-3-5-7-11/h8-11H,3-7H2,1-2H3,(H,17,18,19). The molecule has 112 valence electrons. The topological polar surface area (TPSA) is 60.0 Å². The van der Waals surface area contributed by atoms with Gasteiger partial charge in [-0.2, -0.15) is 5.10 Å². The van der Waals surface area contributed by atoms with E-state index >= 15 is 0 Å². The Balaban J connectivity index is 1.91. The molecule has 0 radical (unpaired) electrons. The number of nitrogens with zero attached hydrogens (tertiary/aromatic N) is 2. The van der Waals surface area contributed by atoms with Crippen LogP contribution in [0.25, 0.3) is 11.4 Å². The second-order valence-corrected chi connectivity index (χ2v) is 5.45. The summed E-state index contributed by atoms with van der Waals surface area (Å²) in [5, 5.41) is 7.48. The summed E-state index contributed by atoms with van der Waals surface area (Å²) in [6, 6.07) is 5.66. The van der Waals surface area contributed by atoms with Crippen molar-refractivity contribution in [2.24, 2.45) is 0 Å². The second-order valence-electron chi connectivity index (χ2n) is 5.45. The zero-order chi connectivity index (χ0) is 14.7. The molecule has 3 rings (SSSR count). The highest BCUT2D eigenvalue weighted by molar-refractivity contribution is 5.66. The Morgan fingerprint density at radius 1 is 1.10 bits per heavy atom. The van der Waals surface area contributed by atoms with E-state index in [4.69, 9.17) is 9.47 Å². The van der Waals surface area contributed by atoms with Crippen molar-refractivity contribution in [3.63, 3.8) is 0 Å². The zero-order valence-corrected chi connectivity index (χ0v) is 12.6. The minimum absolute atomic E-state index is 0.511. The number of H-pyrrole nitrogens is 1. The molecule has 1 aliphatic rings. The van der Waals surface area contributed by atoms with Crippen LogP contribution in [0.5, 0.6) is 11.5 Å². The molecule has 1 fully saturated rings. The monoisotopic (exact) mass is 287 g/mol. The molecular weight excluding hydrogens is 266 g/mol. The minimum atomic E-state index is 0.511. The van der Waals surface area contributed by atoms with Crippen LogP contribution in [-0.4, -0.2) is 29.4 Å². The van der Waals surface area contributed by atoms with Crippen LogP contribution in [0.1, 0.15) is 43.8 Å². The largest absolute Gasteiger partial charge is 0.497 e. The molecular formula is C16H21N3O2. The van der Waals surface area contributed by atoms with Crippen molar-refractivity contribution in [1.29, 1.82) is 0 Å². The van der Waals surface area contributed by atoms with E-state index in [0.29, 0.717) is 11.7 Å². The number of rotatable bonds is 4. The summed E-state index contributed by atoms with van der Waals surface area (Å²) in [7, 11) is 3.30. The van der Waals surface area contributed by atoms with Gasteiger partial charge in [-0.25, -0.2) is 4.98 Å². The molecule has 2 aromatic rings. The van der Waals surface area contributed by atoms with E-state index in [-0.39, 0.29) is 0 Å². The maximum Gasteiger partial charge on any atom is 0.185 e. The highest BCUT2D eigenvalue weighted by atomic mass is 16.5. The average molecular weight is 287 g/mol. The van der Waals surface area contributed by atoms with Crippen molar-refractivity contribution < 1.29 is 9.47 Å². The number of hydrogen-bond donors (Lipinski definition) is 1. The highest BCUT2D eigenvalue weighted by Crippen LogP contribution is 2.34. The third kappa shape index (κ3) is 2.86. The Labute approximate surface area is 124 Å². The molecule has 0 aliphatic heterocycles. The van der Waals surface area contributed by atoms with Crippen LogP contribution >= 0.6 is 0 Å². The summed E-state index contributed by atoms with van der Waals surface area (Å²) in [4.78, 5) is 4.69. The van der Waals surface area contributed by atoms with Gasteiger partial charge >= 0.3 is 0 Å². The molecule has 1 heterocycles. The van der Waals surface area contributed by atoms with Gasteiger partial charge in [0, 0.05) is 5.92 Å². The molecule has 0 atom stereocenters. The Hall–Kier alpha value is -2.04. The lowest BCUT2D eigenvalue weighted by Gasteiger charge is -2.18. The Morgan fingerprint density at radius 3 is 2.62 bits per heavy atom. The van der Waals surface area contributed by atoms with Crippen LogP contribution in [0.3, 0.4) is 0 Å². The number of aromatic amines is 1. The lowest BCUT2D eigenvalue weighted by atomic mass is 9.89.